The molecule has 1 aromatic heterocycles. The van der Waals surface area contributed by atoms with Crippen molar-refractivity contribution in [2.24, 2.45) is 11.8 Å². The Morgan fingerprint density at radius 2 is 1.90 bits per heavy atom. The van der Waals surface area contributed by atoms with Crippen LogP contribution in [0.15, 0.2) is 22.8 Å². The molecule has 3 atom stereocenters. The number of rotatable bonds is 5. The highest BCUT2D eigenvalue weighted by atomic mass is 16.3. The molecule has 3 nitrogen and oxygen atoms in total. The monoisotopic (exact) mass is 290 g/mol. The van der Waals surface area contributed by atoms with E-state index in [0.29, 0.717) is 12.1 Å². The minimum absolute atomic E-state index is 0.412. The number of furan rings is 1. The summed E-state index contributed by atoms with van der Waals surface area (Å²) < 4.78 is 5.71. The van der Waals surface area contributed by atoms with Crippen LogP contribution in [0.25, 0.3) is 0 Å². The van der Waals surface area contributed by atoms with E-state index in [9.17, 15) is 0 Å². The Morgan fingerprint density at radius 3 is 2.52 bits per heavy atom. The van der Waals surface area contributed by atoms with E-state index in [-0.39, 0.29) is 0 Å². The molecule has 0 bridgehead atoms. The van der Waals surface area contributed by atoms with Gasteiger partial charge in [0.25, 0.3) is 0 Å². The molecule has 2 fully saturated rings. The van der Waals surface area contributed by atoms with Gasteiger partial charge < -0.3 is 9.73 Å². The molecular formula is C18H30N2O. The summed E-state index contributed by atoms with van der Waals surface area (Å²) in [5.74, 6) is 2.85. The Morgan fingerprint density at radius 1 is 1.19 bits per heavy atom. The van der Waals surface area contributed by atoms with Crippen LogP contribution in [-0.4, -0.2) is 30.6 Å². The number of hydrogen-bond acceptors (Lipinski definition) is 3. The maximum atomic E-state index is 5.71. The summed E-state index contributed by atoms with van der Waals surface area (Å²) in [6.45, 7) is 8.25. The second-order valence-electron chi connectivity index (χ2n) is 7.30. The number of hydrogen-bond donors (Lipinski definition) is 1. The first kappa shape index (κ1) is 15.1. The van der Waals surface area contributed by atoms with Gasteiger partial charge in [0.05, 0.1) is 12.3 Å². The van der Waals surface area contributed by atoms with Gasteiger partial charge in [0, 0.05) is 12.6 Å². The quantitative estimate of drug-likeness (QED) is 0.893. The Kier molecular flexibility index (Phi) is 5.02. The van der Waals surface area contributed by atoms with Crippen LogP contribution in [0.3, 0.4) is 0 Å². The molecule has 3 unspecified atom stereocenters. The van der Waals surface area contributed by atoms with E-state index in [2.05, 4.69) is 30.1 Å². The molecule has 0 spiro atoms. The first-order valence-electron chi connectivity index (χ1n) is 8.73. The maximum absolute atomic E-state index is 5.71. The third kappa shape index (κ3) is 3.89. The molecule has 118 valence electrons. The van der Waals surface area contributed by atoms with Gasteiger partial charge in [0.15, 0.2) is 0 Å². The van der Waals surface area contributed by atoms with Crippen molar-refractivity contribution in [3.8, 4) is 0 Å². The number of likely N-dealkylation sites (tertiary alicyclic amines) is 1. The molecule has 2 aliphatic rings. The summed E-state index contributed by atoms with van der Waals surface area (Å²) in [7, 11) is 0. The largest absolute Gasteiger partial charge is 0.468 e. The van der Waals surface area contributed by atoms with E-state index in [1.807, 2.05) is 12.3 Å². The highest BCUT2D eigenvalue weighted by Gasteiger charge is 2.28. The minimum Gasteiger partial charge on any atom is -0.468 e. The van der Waals surface area contributed by atoms with Crippen molar-refractivity contribution in [2.45, 2.75) is 58.0 Å². The van der Waals surface area contributed by atoms with Gasteiger partial charge in [0.1, 0.15) is 5.76 Å². The molecule has 1 saturated carbocycles. The Labute approximate surface area is 129 Å². The highest BCUT2D eigenvalue weighted by molar-refractivity contribution is 5.06. The standard InChI is InChI=1S/C18H30N2O/c1-14-10-15(2)12-16(11-14)19-13-17(18-6-5-9-21-18)20-7-3-4-8-20/h5-6,9,14-17,19H,3-4,7-8,10-13H2,1-2H3. The van der Waals surface area contributed by atoms with Crippen LogP contribution >= 0.6 is 0 Å². The molecule has 3 heteroatoms. The van der Waals surface area contributed by atoms with Crippen molar-refractivity contribution in [1.82, 2.24) is 10.2 Å². The van der Waals surface area contributed by atoms with Crippen molar-refractivity contribution in [3.05, 3.63) is 24.2 Å². The van der Waals surface area contributed by atoms with Crippen molar-refractivity contribution in [3.63, 3.8) is 0 Å². The third-order valence-electron chi connectivity index (χ3n) is 5.23. The van der Waals surface area contributed by atoms with Crippen LogP contribution in [0.5, 0.6) is 0 Å². The van der Waals surface area contributed by atoms with Crippen molar-refractivity contribution >= 4 is 0 Å². The van der Waals surface area contributed by atoms with E-state index in [4.69, 9.17) is 4.42 Å². The van der Waals surface area contributed by atoms with Gasteiger partial charge in [-0.25, -0.2) is 0 Å². The Balaban J connectivity index is 1.59. The first-order valence-corrected chi connectivity index (χ1v) is 8.73. The van der Waals surface area contributed by atoms with Crippen molar-refractivity contribution in [2.75, 3.05) is 19.6 Å². The summed E-state index contributed by atoms with van der Waals surface area (Å²) in [6.07, 6.45) is 8.52. The van der Waals surface area contributed by atoms with Gasteiger partial charge in [-0.1, -0.05) is 13.8 Å². The molecule has 0 aromatic carbocycles. The van der Waals surface area contributed by atoms with Crippen LogP contribution in [-0.2, 0) is 0 Å². The lowest BCUT2D eigenvalue weighted by Crippen LogP contribution is -2.41. The van der Waals surface area contributed by atoms with Gasteiger partial charge in [-0.05, 0) is 69.2 Å². The summed E-state index contributed by atoms with van der Waals surface area (Å²) in [4.78, 5) is 2.58. The lowest BCUT2D eigenvalue weighted by Gasteiger charge is -2.34. The predicted octanol–water partition coefficient (Wildman–Crippen LogP) is 3.83. The van der Waals surface area contributed by atoms with E-state index in [0.717, 1.165) is 24.1 Å². The second-order valence-corrected chi connectivity index (χ2v) is 7.30. The summed E-state index contributed by atoms with van der Waals surface area (Å²) in [5, 5.41) is 3.85. The van der Waals surface area contributed by atoms with Crippen LogP contribution < -0.4 is 5.32 Å². The maximum Gasteiger partial charge on any atom is 0.122 e. The summed E-state index contributed by atoms with van der Waals surface area (Å²) >= 11 is 0. The highest BCUT2D eigenvalue weighted by Crippen LogP contribution is 2.30. The topological polar surface area (TPSA) is 28.4 Å². The second kappa shape index (κ2) is 6.97. The van der Waals surface area contributed by atoms with Crippen molar-refractivity contribution < 1.29 is 4.42 Å². The predicted molar refractivity (Wildman–Crippen MR) is 86.2 cm³/mol. The zero-order chi connectivity index (χ0) is 14.7. The zero-order valence-electron chi connectivity index (χ0n) is 13.6. The van der Waals surface area contributed by atoms with Gasteiger partial charge in [0.2, 0.25) is 0 Å². The molecule has 2 heterocycles. The molecule has 1 aliphatic carbocycles. The lowest BCUT2D eigenvalue weighted by atomic mass is 9.80. The number of nitrogens with zero attached hydrogens (tertiary/aromatic N) is 1. The fourth-order valence-corrected chi connectivity index (χ4v) is 4.34. The SMILES string of the molecule is CC1CC(C)CC(NCC(c2ccco2)N2CCCC2)C1. The van der Waals surface area contributed by atoms with E-state index in [1.54, 1.807) is 0 Å². The Hall–Kier alpha value is -0.800. The Bertz CT molecular complexity index is 401. The first-order chi connectivity index (χ1) is 10.2. The smallest absolute Gasteiger partial charge is 0.122 e. The molecule has 1 N–H and O–H groups in total. The van der Waals surface area contributed by atoms with Crippen LogP contribution in [0.1, 0.15) is 57.8 Å². The molecule has 1 aromatic rings. The van der Waals surface area contributed by atoms with Crippen LogP contribution in [0, 0.1) is 11.8 Å². The lowest BCUT2D eigenvalue weighted by molar-refractivity contribution is 0.183. The fraction of sp³-hybridized carbons (Fsp3) is 0.778. The van der Waals surface area contributed by atoms with E-state index >= 15 is 0 Å². The van der Waals surface area contributed by atoms with Gasteiger partial charge in [-0.2, -0.15) is 0 Å². The minimum atomic E-state index is 0.412. The molecule has 0 radical (unpaired) electrons. The molecule has 1 aliphatic heterocycles. The van der Waals surface area contributed by atoms with Crippen LogP contribution in [0.2, 0.25) is 0 Å². The van der Waals surface area contributed by atoms with E-state index < -0.39 is 0 Å². The molecule has 0 amide bonds. The normalized spacial score (nSPS) is 32.4. The van der Waals surface area contributed by atoms with Crippen molar-refractivity contribution in [1.29, 1.82) is 0 Å². The van der Waals surface area contributed by atoms with E-state index in [1.165, 1.54) is 45.2 Å². The summed E-state index contributed by atoms with van der Waals surface area (Å²) in [5.41, 5.74) is 0. The van der Waals surface area contributed by atoms with Gasteiger partial charge >= 0.3 is 0 Å². The fourth-order valence-electron chi connectivity index (χ4n) is 4.34. The third-order valence-corrected chi connectivity index (χ3v) is 5.23. The zero-order valence-corrected chi connectivity index (χ0v) is 13.6. The molecule has 3 rings (SSSR count). The summed E-state index contributed by atoms with van der Waals surface area (Å²) in [6, 6.07) is 5.25. The molecular weight excluding hydrogens is 260 g/mol. The average Bonchev–Trinajstić information content (AvgIpc) is 3.10. The average molecular weight is 290 g/mol. The van der Waals surface area contributed by atoms with Gasteiger partial charge in [-0.3, -0.25) is 4.90 Å². The molecule has 1 saturated heterocycles. The molecule has 21 heavy (non-hydrogen) atoms. The van der Waals surface area contributed by atoms with Crippen LogP contribution in [0.4, 0.5) is 0 Å². The number of nitrogens with one attached hydrogen (secondary N) is 1. The van der Waals surface area contributed by atoms with Gasteiger partial charge in [-0.15, -0.1) is 0 Å².